The minimum atomic E-state index is -1.07. The molecule has 2 aromatic carbocycles. The van der Waals surface area contributed by atoms with Crippen molar-refractivity contribution >= 4 is 56.7 Å². The van der Waals surface area contributed by atoms with Crippen LogP contribution >= 0.6 is 23.1 Å². The summed E-state index contributed by atoms with van der Waals surface area (Å²) in [6, 6.07) is 14.5. The van der Waals surface area contributed by atoms with Crippen molar-refractivity contribution in [1.29, 1.82) is 0 Å². The summed E-state index contributed by atoms with van der Waals surface area (Å²) in [4.78, 5) is 27.2. The molecule has 0 radical (unpaired) electrons. The molecule has 0 bridgehead atoms. The summed E-state index contributed by atoms with van der Waals surface area (Å²) >= 11 is 2.55. The number of carboxylic acid groups (broad SMARTS) is 1. The zero-order valence-corrected chi connectivity index (χ0v) is 18.8. The van der Waals surface area contributed by atoms with Gasteiger partial charge < -0.3 is 20.7 Å². The minimum Gasteiger partial charge on any atom is -0.480 e. The second-order valence-corrected chi connectivity index (χ2v) is 9.37. The number of benzene rings is 2. The number of aromatic nitrogens is 3. The van der Waals surface area contributed by atoms with Gasteiger partial charge in [-0.15, -0.1) is 10.2 Å². The number of aryl methyl sites for hydroxylation is 1. The average molecular weight is 468 g/mol. The lowest BCUT2D eigenvalue weighted by atomic mass is 10.1. The number of hydrogen-bond acceptors (Lipinski definition) is 7. The highest BCUT2D eigenvalue weighted by Crippen LogP contribution is 2.27. The summed E-state index contributed by atoms with van der Waals surface area (Å²) in [5, 5.41) is 25.1. The zero-order valence-electron chi connectivity index (χ0n) is 17.2. The second-order valence-electron chi connectivity index (χ2n) is 7.17. The van der Waals surface area contributed by atoms with Crippen LogP contribution < -0.4 is 10.6 Å². The molecule has 4 N–H and O–H groups in total. The number of para-hydroxylation sites is 1. The van der Waals surface area contributed by atoms with Crippen molar-refractivity contribution < 1.29 is 14.7 Å². The smallest absolute Gasteiger partial charge is 0.326 e. The lowest BCUT2D eigenvalue weighted by molar-refractivity contribution is -0.141. The summed E-state index contributed by atoms with van der Waals surface area (Å²) in [7, 11) is 0. The predicted octanol–water partition coefficient (Wildman–Crippen LogP) is 3.98. The normalized spacial score (nSPS) is 11.9. The van der Waals surface area contributed by atoms with Crippen molar-refractivity contribution in [3.05, 3.63) is 65.9 Å². The van der Waals surface area contributed by atoms with Gasteiger partial charge >= 0.3 is 5.97 Å². The molecule has 1 atom stereocenters. The number of nitrogens with one attached hydrogen (secondary N) is 3. The number of thioether (sulfide) groups is 1. The van der Waals surface area contributed by atoms with Crippen molar-refractivity contribution in [1.82, 2.24) is 20.5 Å². The van der Waals surface area contributed by atoms with Gasteiger partial charge in [-0.05, 0) is 30.7 Å². The number of aliphatic carboxylic acids is 1. The van der Waals surface area contributed by atoms with Crippen LogP contribution in [0.2, 0.25) is 0 Å². The fraction of sp³-hybridized carbons (Fsp3) is 0.182. The molecule has 164 valence electrons. The summed E-state index contributed by atoms with van der Waals surface area (Å²) in [5.41, 5.74) is 3.85. The van der Waals surface area contributed by atoms with Gasteiger partial charge in [-0.2, -0.15) is 0 Å². The maximum Gasteiger partial charge on any atom is 0.326 e. The van der Waals surface area contributed by atoms with E-state index >= 15 is 0 Å². The number of rotatable bonds is 9. The highest BCUT2D eigenvalue weighted by atomic mass is 32.2. The molecule has 0 aliphatic carbocycles. The van der Waals surface area contributed by atoms with Crippen LogP contribution in [-0.4, -0.2) is 44.0 Å². The van der Waals surface area contributed by atoms with Gasteiger partial charge in [0.25, 0.3) is 0 Å². The number of anilines is 2. The molecule has 0 saturated heterocycles. The number of aromatic amines is 1. The minimum absolute atomic E-state index is 0.0524. The van der Waals surface area contributed by atoms with E-state index < -0.39 is 12.0 Å². The van der Waals surface area contributed by atoms with Crippen LogP contribution in [0.25, 0.3) is 10.9 Å². The molecule has 1 amide bonds. The maximum absolute atomic E-state index is 12.4. The molecule has 10 heteroatoms. The van der Waals surface area contributed by atoms with E-state index in [-0.39, 0.29) is 18.1 Å². The number of nitrogens with zero attached hydrogens (tertiary/aromatic N) is 2. The first kappa shape index (κ1) is 21.8. The first-order chi connectivity index (χ1) is 15.5. The Labute approximate surface area is 192 Å². The van der Waals surface area contributed by atoms with Gasteiger partial charge in [0.2, 0.25) is 11.0 Å². The van der Waals surface area contributed by atoms with Crippen LogP contribution in [-0.2, 0) is 16.0 Å². The molecule has 0 aliphatic rings. The molecule has 0 spiro atoms. The summed E-state index contributed by atoms with van der Waals surface area (Å²) in [6.07, 6.45) is 1.98. The molecule has 4 aromatic rings. The van der Waals surface area contributed by atoms with Gasteiger partial charge in [0.05, 0.1) is 5.75 Å². The van der Waals surface area contributed by atoms with Crippen LogP contribution in [0.15, 0.2) is 59.1 Å². The molecule has 0 unspecified atom stereocenters. The van der Waals surface area contributed by atoms with E-state index in [1.165, 1.54) is 28.7 Å². The molecule has 2 heterocycles. The van der Waals surface area contributed by atoms with Crippen LogP contribution in [0.5, 0.6) is 0 Å². The maximum atomic E-state index is 12.4. The molecule has 2 aromatic heterocycles. The Balaban J connectivity index is 1.31. The molecule has 8 nitrogen and oxygen atoms in total. The molecule has 0 saturated carbocycles. The average Bonchev–Trinajstić information content (AvgIpc) is 3.40. The fourth-order valence-electron chi connectivity index (χ4n) is 3.16. The Morgan fingerprint density at radius 1 is 1.16 bits per heavy atom. The zero-order chi connectivity index (χ0) is 22.5. The third kappa shape index (κ3) is 5.45. The van der Waals surface area contributed by atoms with Gasteiger partial charge in [0, 0.05) is 29.2 Å². The Bertz CT molecular complexity index is 1240. The first-order valence-corrected chi connectivity index (χ1v) is 11.7. The van der Waals surface area contributed by atoms with Crippen molar-refractivity contribution in [3.63, 3.8) is 0 Å². The van der Waals surface area contributed by atoms with Crippen LogP contribution in [0.1, 0.15) is 11.1 Å². The lowest BCUT2D eigenvalue weighted by Gasteiger charge is -2.13. The van der Waals surface area contributed by atoms with E-state index in [9.17, 15) is 14.7 Å². The van der Waals surface area contributed by atoms with Crippen LogP contribution in [0.4, 0.5) is 10.8 Å². The molecule has 0 fully saturated rings. The number of carboxylic acids is 1. The highest BCUT2D eigenvalue weighted by Gasteiger charge is 2.22. The van der Waals surface area contributed by atoms with Gasteiger partial charge in [0.1, 0.15) is 6.04 Å². The molecular formula is C22H21N5O3S2. The number of carbonyl (C=O) groups is 2. The Morgan fingerprint density at radius 2 is 1.94 bits per heavy atom. The number of H-pyrrole nitrogens is 1. The first-order valence-electron chi connectivity index (χ1n) is 9.85. The third-order valence-electron chi connectivity index (χ3n) is 4.77. The topological polar surface area (TPSA) is 120 Å². The Kier molecular flexibility index (Phi) is 6.72. The Hall–Kier alpha value is -3.37. The molecule has 0 aliphatic heterocycles. The number of fused-ring (bicyclic) bond motifs is 1. The number of hydrogen-bond donors (Lipinski definition) is 4. The largest absolute Gasteiger partial charge is 0.480 e. The van der Waals surface area contributed by atoms with E-state index in [0.717, 1.165) is 22.2 Å². The Morgan fingerprint density at radius 3 is 2.72 bits per heavy atom. The van der Waals surface area contributed by atoms with E-state index in [4.69, 9.17) is 0 Å². The number of carbonyl (C=O) groups excluding carboxylic acids is 1. The summed E-state index contributed by atoms with van der Waals surface area (Å²) in [6.45, 7) is 2.02. The van der Waals surface area contributed by atoms with Crippen molar-refractivity contribution in [2.75, 3.05) is 11.1 Å². The quantitative estimate of drug-likeness (QED) is 0.275. The fourth-order valence-corrected chi connectivity index (χ4v) is 4.75. The lowest BCUT2D eigenvalue weighted by Crippen LogP contribution is -2.43. The SMILES string of the molecule is Cc1ccc(Nc2nnc(SCC(=O)N[C@H](Cc3c[nH]c4ccccc34)C(=O)O)s2)cc1. The molecule has 32 heavy (non-hydrogen) atoms. The van der Waals surface area contributed by atoms with Gasteiger partial charge in [0.15, 0.2) is 4.34 Å². The van der Waals surface area contributed by atoms with Crippen LogP contribution in [0.3, 0.4) is 0 Å². The summed E-state index contributed by atoms with van der Waals surface area (Å²) < 4.78 is 0.623. The monoisotopic (exact) mass is 467 g/mol. The van der Waals surface area contributed by atoms with Crippen molar-refractivity contribution in [2.24, 2.45) is 0 Å². The van der Waals surface area contributed by atoms with Crippen molar-refractivity contribution in [3.8, 4) is 0 Å². The van der Waals surface area contributed by atoms with Gasteiger partial charge in [-0.25, -0.2) is 4.79 Å². The van der Waals surface area contributed by atoms with E-state index in [1.807, 2.05) is 55.5 Å². The van der Waals surface area contributed by atoms with Gasteiger partial charge in [-0.3, -0.25) is 4.79 Å². The van der Waals surface area contributed by atoms with E-state index in [1.54, 1.807) is 6.20 Å². The predicted molar refractivity (Wildman–Crippen MR) is 127 cm³/mol. The molecule has 4 rings (SSSR count). The van der Waals surface area contributed by atoms with Crippen molar-refractivity contribution in [2.45, 2.75) is 23.7 Å². The highest BCUT2D eigenvalue weighted by molar-refractivity contribution is 8.01. The number of amides is 1. The summed E-state index contributed by atoms with van der Waals surface area (Å²) in [5.74, 6) is -1.39. The van der Waals surface area contributed by atoms with Gasteiger partial charge in [-0.1, -0.05) is 59.0 Å². The van der Waals surface area contributed by atoms with Crippen LogP contribution in [0, 0.1) is 6.92 Å². The molecular weight excluding hydrogens is 446 g/mol. The van der Waals surface area contributed by atoms with E-state index in [2.05, 4.69) is 25.8 Å². The third-order valence-corrected chi connectivity index (χ3v) is 6.74. The second kappa shape index (κ2) is 9.84. The standard InChI is InChI=1S/C22H21N5O3S2/c1-13-6-8-15(9-7-13)24-21-26-27-22(32-21)31-12-19(28)25-18(20(29)30)10-14-11-23-17-5-3-2-4-16(14)17/h2-9,11,18,23H,10,12H2,1H3,(H,24,26)(H,25,28)(H,29,30)/t18-/m1/s1. The van der Waals surface area contributed by atoms with E-state index in [0.29, 0.717) is 9.47 Å².